The third kappa shape index (κ3) is 3.69. The van der Waals surface area contributed by atoms with E-state index in [9.17, 15) is 9.90 Å². The van der Waals surface area contributed by atoms with Crippen molar-refractivity contribution < 1.29 is 9.90 Å². The van der Waals surface area contributed by atoms with Gasteiger partial charge < -0.3 is 5.11 Å². The summed E-state index contributed by atoms with van der Waals surface area (Å²) in [7, 11) is 0. The van der Waals surface area contributed by atoms with Crippen molar-refractivity contribution in [2.75, 3.05) is 0 Å². The van der Waals surface area contributed by atoms with Crippen molar-refractivity contribution in [3.05, 3.63) is 18.0 Å². The number of hydrogen-bond acceptors (Lipinski definition) is 3. The van der Waals surface area contributed by atoms with Gasteiger partial charge >= 0.3 is 0 Å². The smallest absolute Gasteiger partial charge is 0.167 e. The summed E-state index contributed by atoms with van der Waals surface area (Å²) in [5.41, 5.74) is 0.769. The van der Waals surface area contributed by atoms with Gasteiger partial charge in [-0.2, -0.15) is 5.10 Å². The lowest BCUT2D eigenvalue weighted by Crippen LogP contribution is -2.32. The van der Waals surface area contributed by atoms with Crippen LogP contribution in [0, 0.1) is 5.92 Å². The Morgan fingerprint density at radius 1 is 1.45 bits per heavy atom. The number of carbonyl (C=O) groups excluding carboxylic acids is 1. The largest absolute Gasteiger partial charge is 0.385 e. The predicted octanol–water partition coefficient (Wildman–Crippen LogP) is 2.91. The average molecular weight is 278 g/mol. The summed E-state index contributed by atoms with van der Waals surface area (Å²) >= 11 is 0. The fourth-order valence-corrected chi connectivity index (χ4v) is 2.90. The van der Waals surface area contributed by atoms with Crippen LogP contribution in [0.15, 0.2) is 12.3 Å². The summed E-state index contributed by atoms with van der Waals surface area (Å²) in [5.74, 6) is 0.0826. The van der Waals surface area contributed by atoms with Gasteiger partial charge in [-0.3, -0.25) is 9.48 Å². The second kappa shape index (κ2) is 7.02. The van der Waals surface area contributed by atoms with Crippen molar-refractivity contribution in [1.29, 1.82) is 0 Å². The highest BCUT2D eigenvalue weighted by atomic mass is 16.3. The quantitative estimate of drug-likeness (QED) is 0.870. The lowest BCUT2D eigenvalue weighted by atomic mass is 9.83. The minimum Gasteiger partial charge on any atom is -0.385 e. The van der Waals surface area contributed by atoms with Gasteiger partial charge in [-0.15, -0.1) is 0 Å². The Labute approximate surface area is 121 Å². The van der Waals surface area contributed by atoms with E-state index in [-0.39, 0.29) is 18.1 Å². The summed E-state index contributed by atoms with van der Waals surface area (Å²) in [4.78, 5) is 12.2. The molecule has 112 valence electrons. The van der Waals surface area contributed by atoms with Crippen LogP contribution in [0.25, 0.3) is 0 Å². The first kappa shape index (κ1) is 15.2. The Bertz CT molecular complexity index is 435. The Morgan fingerprint density at radius 2 is 2.15 bits per heavy atom. The zero-order chi connectivity index (χ0) is 14.5. The maximum Gasteiger partial charge on any atom is 0.167 e. The highest BCUT2D eigenvalue weighted by Crippen LogP contribution is 2.27. The van der Waals surface area contributed by atoms with E-state index in [0.717, 1.165) is 37.8 Å². The number of nitrogens with zero attached hydrogens (tertiary/aromatic N) is 2. The molecule has 2 atom stereocenters. The number of aliphatic hydroxyl groups excluding tert-OH is 1. The average Bonchev–Trinajstić information content (AvgIpc) is 2.95. The molecule has 4 nitrogen and oxygen atoms in total. The molecule has 0 saturated heterocycles. The van der Waals surface area contributed by atoms with Gasteiger partial charge in [0.2, 0.25) is 0 Å². The van der Waals surface area contributed by atoms with E-state index in [0.29, 0.717) is 6.04 Å². The Morgan fingerprint density at radius 3 is 2.80 bits per heavy atom. The molecule has 1 aromatic rings. The van der Waals surface area contributed by atoms with Crippen molar-refractivity contribution in [3.8, 4) is 0 Å². The van der Waals surface area contributed by atoms with Crippen LogP contribution in [-0.4, -0.2) is 26.8 Å². The molecular weight excluding hydrogens is 252 g/mol. The molecule has 1 aliphatic rings. The van der Waals surface area contributed by atoms with E-state index in [4.69, 9.17) is 0 Å². The number of hydrogen-bond donors (Lipinski definition) is 1. The van der Waals surface area contributed by atoms with Crippen LogP contribution in [0.1, 0.15) is 64.1 Å². The summed E-state index contributed by atoms with van der Waals surface area (Å²) in [6.45, 7) is 4.22. The topological polar surface area (TPSA) is 55.1 Å². The molecule has 1 fully saturated rings. The highest BCUT2D eigenvalue weighted by Gasteiger charge is 2.27. The van der Waals surface area contributed by atoms with Crippen LogP contribution in [0.4, 0.5) is 0 Å². The minimum absolute atomic E-state index is 0.0775. The van der Waals surface area contributed by atoms with E-state index in [1.807, 2.05) is 16.9 Å². The van der Waals surface area contributed by atoms with Gasteiger partial charge in [0, 0.05) is 12.2 Å². The van der Waals surface area contributed by atoms with Crippen LogP contribution in [-0.2, 0) is 11.2 Å². The second-order valence-corrected chi connectivity index (χ2v) is 6.03. The molecular formula is C16H26N2O2. The molecule has 4 heteroatoms. The third-order valence-electron chi connectivity index (χ3n) is 4.49. The van der Waals surface area contributed by atoms with Crippen LogP contribution in [0.3, 0.4) is 0 Å². The fraction of sp³-hybridized carbons (Fsp3) is 0.750. The van der Waals surface area contributed by atoms with Gasteiger partial charge in [-0.1, -0.05) is 26.2 Å². The maximum absolute atomic E-state index is 12.2. The molecule has 20 heavy (non-hydrogen) atoms. The van der Waals surface area contributed by atoms with E-state index in [2.05, 4.69) is 18.9 Å². The van der Waals surface area contributed by atoms with Crippen molar-refractivity contribution >= 4 is 5.78 Å². The number of aliphatic hydroxyl groups is 1. The van der Waals surface area contributed by atoms with E-state index in [1.54, 1.807) is 0 Å². The van der Waals surface area contributed by atoms with Gasteiger partial charge in [-0.05, 0) is 38.2 Å². The van der Waals surface area contributed by atoms with Crippen LogP contribution < -0.4 is 0 Å². The molecule has 1 N–H and O–H groups in total. The first-order valence-corrected chi connectivity index (χ1v) is 7.86. The summed E-state index contributed by atoms with van der Waals surface area (Å²) in [6, 6.07) is 2.24. The highest BCUT2D eigenvalue weighted by molar-refractivity contribution is 5.84. The van der Waals surface area contributed by atoms with Gasteiger partial charge in [0.25, 0.3) is 0 Å². The van der Waals surface area contributed by atoms with Gasteiger partial charge in [0.15, 0.2) is 5.78 Å². The van der Waals surface area contributed by atoms with E-state index < -0.39 is 6.10 Å². The molecule has 1 aromatic heterocycles. The van der Waals surface area contributed by atoms with Crippen molar-refractivity contribution in [2.24, 2.45) is 5.92 Å². The summed E-state index contributed by atoms with van der Waals surface area (Å²) in [6.07, 6.45) is 7.85. The molecule has 2 unspecified atom stereocenters. The molecule has 0 radical (unpaired) electrons. The molecule has 0 aromatic carbocycles. The van der Waals surface area contributed by atoms with Crippen molar-refractivity contribution in [2.45, 2.75) is 70.9 Å². The zero-order valence-electron chi connectivity index (χ0n) is 12.6. The van der Waals surface area contributed by atoms with Gasteiger partial charge in [0.1, 0.15) is 6.10 Å². The van der Waals surface area contributed by atoms with Crippen LogP contribution in [0.2, 0.25) is 0 Å². The molecule has 1 aliphatic carbocycles. The minimum atomic E-state index is -0.802. The normalized spacial score (nSPS) is 19.8. The Hall–Kier alpha value is -1.16. The monoisotopic (exact) mass is 278 g/mol. The van der Waals surface area contributed by atoms with E-state index >= 15 is 0 Å². The van der Waals surface area contributed by atoms with Crippen molar-refractivity contribution in [1.82, 2.24) is 9.78 Å². The maximum atomic E-state index is 12.2. The lowest BCUT2D eigenvalue weighted by Gasteiger charge is -2.25. The second-order valence-electron chi connectivity index (χ2n) is 6.03. The van der Waals surface area contributed by atoms with Crippen LogP contribution >= 0.6 is 0 Å². The molecule has 0 spiro atoms. The Balaban J connectivity index is 1.91. The number of rotatable bonds is 6. The SMILES string of the molecule is CCC(C)n1ccc(CC(=O)C(O)C2CCCCC2)n1. The predicted molar refractivity (Wildman–Crippen MR) is 78.5 cm³/mol. The van der Waals surface area contributed by atoms with Gasteiger partial charge in [0.05, 0.1) is 12.1 Å². The first-order chi connectivity index (χ1) is 9.61. The Kier molecular flexibility index (Phi) is 5.35. The zero-order valence-corrected chi connectivity index (χ0v) is 12.6. The van der Waals surface area contributed by atoms with Crippen molar-refractivity contribution in [3.63, 3.8) is 0 Å². The van der Waals surface area contributed by atoms with Gasteiger partial charge in [-0.25, -0.2) is 0 Å². The number of ketones is 1. The molecule has 1 heterocycles. The standard InChI is InChI=1S/C16H26N2O2/c1-3-12(2)18-10-9-14(17-18)11-15(19)16(20)13-7-5-4-6-8-13/h9-10,12-13,16,20H,3-8,11H2,1-2H3. The lowest BCUT2D eigenvalue weighted by molar-refractivity contribution is -0.129. The number of aromatic nitrogens is 2. The fourth-order valence-electron chi connectivity index (χ4n) is 2.90. The summed E-state index contributed by atoms with van der Waals surface area (Å²) in [5, 5.41) is 14.6. The molecule has 0 aliphatic heterocycles. The molecule has 0 bridgehead atoms. The first-order valence-electron chi connectivity index (χ1n) is 7.86. The summed E-state index contributed by atoms with van der Waals surface area (Å²) < 4.78 is 1.90. The number of Topliss-reactive ketones (excluding diaryl/α,β-unsaturated/α-hetero) is 1. The van der Waals surface area contributed by atoms with Crippen LogP contribution in [0.5, 0.6) is 0 Å². The van der Waals surface area contributed by atoms with E-state index in [1.165, 1.54) is 6.42 Å². The molecule has 1 saturated carbocycles. The number of carbonyl (C=O) groups is 1. The molecule has 0 amide bonds. The molecule has 2 rings (SSSR count). The third-order valence-corrected chi connectivity index (χ3v) is 4.49.